The molecule has 1 aromatic heterocycles. The number of hydrogen-bond acceptors (Lipinski definition) is 1. The molecule has 2 N–H and O–H groups in total. The minimum absolute atomic E-state index is 0.0316. The second-order valence-corrected chi connectivity index (χ2v) is 6.15. The van der Waals surface area contributed by atoms with Gasteiger partial charge >= 0.3 is 0 Å². The maximum atomic E-state index is 13.4. The molecule has 2 rings (SSSR count). The van der Waals surface area contributed by atoms with E-state index < -0.39 is 0 Å². The summed E-state index contributed by atoms with van der Waals surface area (Å²) < 4.78 is 13.4. The molecule has 0 unspecified atom stereocenters. The van der Waals surface area contributed by atoms with E-state index in [1.807, 2.05) is 33.9 Å². The number of benzene rings is 1. The second-order valence-electron chi connectivity index (χ2n) is 6.15. The molecule has 4 heteroatoms. The molecule has 1 aromatic carbocycles. The zero-order valence-corrected chi connectivity index (χ0v) is 12.4. The second kappa shape index (κ2) is 5.27. The normalized spacial score (nSPS) is 12.1. The molecule has 0 saturated carbocycles. The Morgan fingerprint density at radius 2 is 2.10 bits per heavy atom. The van der Waals surface area contributed by atoms with Crippen LogP contribution in [0.2, 0.25) is 0 Å². The van der Waals surface area contributed by atoms with Crippen LogP contribution in [0, 0.1) is 11.7 Å². The van der Waals surface area contributed by atoms with Crippen LogP contribution in [0.5, 0.6) is 0 Å². The van der Waals surface area contributed by atoms with Gasteiger partial charge in [0.25, 0.3) is 0 Å². The SMILES string of the molecule is CC(C)C(=O)NCC(C)(C)c1c[nH]c2ccc(F)cc12. The molecule has 0 saturated heterocycles. The van der Waals surface area contributed by atoms with E-state index in [0.29, 0.717) is 6.54 Å². The highest BCUT2D eigenvalue weighted by molar-refractivity contribution is 5.84. The van der Waals surface area contributed by atoms with E-state index in [9.17, 15) is 9.18 Å². The average molecular weight is 276 g/mol. The number of carbonyl (C=O) groups is 1. The monoisotopic (exact) mass is 276 g/mol. The summed E-state index contributed by atoms with van der Waals surface area (Å²) in [5, 5.41) is 3.81. The summed E-state index contributed by atoms with van der Waals surface area (Å²) in [5.74, 6) is -0.254. The van der Waals surface area contributed by atoms with Gasteiger partial charge in [0.15, 0.2) is 0 Å². The number of halogens is 1. The van der Waals surface area contributed by atoms with Gasteiger partial charge in [0, 0.05) is 35.0 Å². The minimum Gasteiger partial charge on any atom is -0.361 e. The Labute approximate surface area is 118 Å². The van der Waals surface area contributed by atoms with Crippen LogP contribution >= 0.6 is 0 Å². The number of fused-ring (bicyclic) bond motifs is 1. The van der Waals surface area contributed by atoms with Crippen molar-refractivity contribution in [3.05, 3.63) is 35.8 Å². The van der Waals surface area contributed by atoms with E-state index in [4.69, 9.17) is 0 Å². The third kappa shape index (κ3) is 2.84. The zero-order chi connectivity index (χ0) is 14.9. The molecule has 20 heavy (non-hydrogen) atoms. The first-order valence-electron chi connectivity index (χ1n) is 6.86. The quantitative estimate of drug-likeness (QED) is 0.883. The molecule has 0 aliphatic carbocycles. The number of amides is 1. The Balaban J connectivity index is 2.27. The largest absolute Gasteiger partial charge is 0.361 e. The smallest absolute Gasteiger partial charge is 0.222 e. The molecule has 108 valence electrons. The van der Waals surface area contributed by atoms with E-state index >= 15 is 0 Å². The van der Waals surface area contributed by atoms with E-state index in [-0.39, 0.29) is 23.1 Å². The third-order valence-corrected chi connectivity index (χ3v) is 3.60. The summed E-state index contributed by atoms with van der Waals surface area (Å²) in [6.45, 7) is 8.34. The standard InChI is InChI=1S/C16H21FN2O/c1-10(2)15(20)19-9-16(3,4)13-8-18-14-6-5-11(17)7-12(13)14/h5-8,10,18H,9H2,1-4H3,(H,19,20). The molecule has 3 nitrogen and oxygen atoms in total. The van der Waals surface area contributed by atoms with Crippen molar-refractivity contribution in [1.29, 1.82) is 0 Å². The lowest BCUT2D eigenvalue weighted by Crippen LogP contribution is -2.38. The molecule has 1 amide bonds. The first-order valence-corrected chi connectivity index (χ1v) is 6.86. The van der Waals surface area contributed by atoms with Gasteiger partial charge in [-0.15, -0.1) is 0 Å². The first kappa shape index (κ1) is 14.6. The summed E-state index contributed by atoms with van der Waals surface area (Å²) in [7, 11) is 0. The van der Waals surface area contributed by atoms with E-state index in [2.05, 4.69) is 10.3 Å². The number of rotatable bonds is 4. The van der Waals surface area contributed by atoms with Crippen LogP contribution in [-0.2, 0) is 10.2 Å². The lowest BCUT2D eigenvalue weighted by molar-refractivity contribution is -0.124. The number of carbonyl (C=O) groups excluding carboxylic acids is 1. The highest BCUT2D eigenvalue weighted by atomic mass is 19.1. The van der Waals surface area contributed by atoms with Gasteiger partial charge in [0.05, 0.1) is 0 Å². The van der Waals surface area contributed by atoms with Crippen molar-refractivity contribution >= 4 is 16.8 Å². The molecule has 1 heterocycles. The van der Waals surface area contributed by atoms with Crippen molar-refractivity contribution in [1.82, 2.24) is 10.3 Å². The molecule has 2 aromatic rings. The topological polar surface area (TPSA) is 44.9 Å². The Morgan fingerprint density at radius 3 is 2.75 bits per heavy atom. The summed E-state index contributed by atoms with van der Waals surface area (Å²) in [6.07, 6.45) is 1.89. The number of aromatic amines is 1. The molecule has 0 spiro atoms. The Hall–Kier alpha value is -1.84. The van der Waals surface area contributed by atoms with E-state index in [1.54, 1.807) is 6.07 Å². The first-order chi connectivity index (χ1) is 9.31. The molecule has 0 atom stereocenters. The van der Waals surface area contributed by atoms with Gasteiger partial charge < -0.3 is 10.3 Å². The molecular formula is C16H21FN2O. The predicted molar refractivity (Wildman–Crippen MR) is 79.1 cm³/mol. The van der Waals surface area contributed by atoms with Crippen LogP contribution < -0.4 is 5.32 Å². The summed E-state index contributed by atoms with van der Waals surface area (Å²) >= 11 is 0. The lowest BCUT2D eigenvalue weighted by atomic mass is 9.84. The van der Waals surface area contributed by atoms with Crippen LogP contribution in [-0.4, -0.2) is 17.4 Å². The Kier molecular flexibility index (Phi) is 3.84. The van der Waals surface area contributed by atoms with Crippen LogP contribution in [0.25, 0.3) is 10.9 Å². The Bertz CT molecular complexity index is 628. The summed E-state index contributed by atoms with van der Waals surface area (Å²) in [6, 6.07) is 4.71. The molecule has 0 bridgehead atoms. The van der Waals surface area contributed by atoms with Crippen LogP contribution in [0.3, 0.4) is 0 Å². The van der Waals surface area contributed by atoms with Crippen LogP contribution in [0.15, 0.2) is 24.4 Å². The van der Waals surface area contributed by atoms with Gasteiger partial charge in [-0.05, 0) is 23.8 Å². The maximum Gasteiger partial charge on any atom is 0.222 e. The van der Waals surface area contributed by atoms with Crippen molar-refractivity contribution in [2.24, 2.45) is 5.92 Å². The fourth-order valence-corrected chi connectivity index (χ4v) is 2.26. The van der Waals surface area contributed by atoms with Gasteiger partial charge in [-0.2, -0.15) is 0 Å². The van der Waals surface area contributed by atoms with Gasteiger partial charge in [-0.25, -0.2) is 4.39 Å². The highest BCUT2D eigenvalue weighted by Gasteiger charge is 2.25. The van der Waals surface area contributed by atoms with E-state index in [1.165, 1.54) is 12.1 Å². The predicted octanol–water partition coefficient (Wildman–Crippen LogP) is 3.36. The molecule has 0 radical (unpaired) electrons. The van der Waals surface area contributed by atoms with Gasteiger partial charge in [-0.3, -0.25) is 4.79 Å². The maximum absolute atomic E-state index is 13.4. The number of H-pyrrole nitrogens is 1. The fourth-order valence-electron chi connectivity index (χ4n) is 2.26. The van der Waals surface area contributed by atoms with Crippen LogP contribution in [0.1, 0.15) is 33.3 Å². The minimum atomic E-state index is -0.267. The zero-order valence-electron chi connectivity index (χ0n) is 12.4. The Morgan fingerprint density at radius 1 is 1.40 bits per heavy atom. The number of nitrogens with one attached hydrogen (secondary N) is 2. The molecule has 0 aliphatic rings. The number of hydrogen-bond donors (Lipinski definition) is 2. The summed E-state index contributed by atoms with van der Waals surface area (Å²) in [5.41, 5.74) is 1.65. The van der Waals surface area contributed by atoms with Crippen molar-refractivity contribution in [3.63, 3.8) is 0 Å². The third-order valence-electron chi connectivity index (χ3n) is 3.60. The fraction of sp³-hybridized carbons (Fsp3) is 0.438. The number of aromatic nitrogens is 1. The highest BCUT2D eigenvalue weighted by Crippen LogP contribution is 2.30. The summed E-state index contributed by atoms with van der Waals surface area (Å²) in [4.78, 5) is 14.9. The molecular weight excluding hydrogens is 255 g/mol. The van der Waals surface area contributed by atoms with Gasteiger partial charge in [-0.1, -0.05) is 27.7 Å². The van der Waals surface area contributed by atoms with Crippen molar-refractivity contribution in [3.8, 4) is 0 Å². The average Bonchev–Trinajstić information content (AvgIpc) is 2.79. The van der Waals surface area contributed by atoms with Crippen molar-refractivity contribution in [2.45, 2.75) is 33.1 Å². The van der Waals surface area contributed by atoms with Crippen molar-refractivity contribution < 1.29 is 9.18 Å². The van der Waals surface area contributed by atoms with E-state index in [0.717, 1.165) is 16.5 Å². The molecule has 0 fully saturated rings. The molecule has 0 aliphatic heterocycles. The van der Waals surface area contributed by atoms with Crippen LogP contribution in [0.4, 0.5) is 4.39 Å². The lowest BCUT2D eigenvalue weighted by Gasteiger charge is -2.25. The van der Waals surface area contributed by atoms with Crippen molar-refractivity contribution in [2.75, 3.05) is 6.54 Å². The van der Waals surface area contributed by atoms with Gasteiger partial charge in [0.2, 0.25) is 5.91 Å². The van der Waals surface area contributed by atoms with Gasteiger partial charge in [0.1, 0.15) is 5.82 Å².